The molecule has 3 heterocycles. The quantitative estimate of drug-likeness (QED) is 0.544. The Balaban J connectivity index is 1.35. The van der Waals surface area contributed by atoms with Crippen LogP contribution in [0.2, 0.25) is 5.02 Å². The third-order valence-electron chi connectivity index (χ3n) is 3.84. The van der Waals surface area contributed by atoms with Crippen molar-refractivity contribution in [1.82, 2.24) is 28.8 Å². The Hall–Kier alpha value is -2.58. The number of carbonyl (C=O) groups excluding carboxylic acids is 1. The summed E-state index contributed by atoms with van der Waals surface area (Å²) in [7, 11) is 0. The van der Waals surface area contributed by atoms with E-state index in [4.69, 9.17) is 11.6 Å². The van der Waals surface area contributed by atoms with Gasteiger partial charge in [0.2, 0.25) is 0 Å². The molecule has 0 aliphatic rings. The Morgan fingerprint density at radius 1 is 1.28 bits per heavy atom. The van der Waals surface area contributed by atoms with Gasteiger partial charge in [0.1, 0.15) is 5.52 Å². The lowest BCUT2D eigenvalue weighted by atomic mass is 10.2. The third-order valence-corrected chi connectivity index (χ3v) is 4.70. The molecule has 3 aromatic heterocycles. The van der Waals surface area contributed by atoms with Gasteiger partial charge in [-0.3, -0.25) is 9.48 Å². The summed E-state index contributed by atoms with van der Waals surface area (Å²) in [6.45, 7) is 1.23. The van der Waals surface area contributed by atoms with Gasteiger partial charge in [0.15, 0.2) is 5.65 Å². The first-order valence-electron chi connectivity index (χ1n) is 7.69. The van der Waals surface area contributed by atoms with Crippen molar-refractivity contribution < 1.29 is 4.79 Å². The topological polar surface area (TPSA) is 85.6 Å². The molecule has 1 amide bonds. The van der Waals surface area contributed by atoms with Gasteiger partial charge in [-0.05, 0) is 24.6 Å². The third kappa shape index (κ3) is 3.18. The summed E-state index contributed by atoms with van der Waals surface area (Å²) < 4.78 is 10.0. The summed E-state index contributed by atoms with van der Waals surface area (Å²) in [5.74, 6) is -0.171. The highest BCUT2D eigenvalue weighted by atomic mass is 35.5. The van der Waals surface area contributed by atoms with Crippen LogP contribution in [-0.4, -0.2) is 36.0 Å². The molecule has 0 saturated carbocycles. The Bertz CT molecular complexity index is 1060. The maximum absolute atomic E-state index is 12.2. The first-order valence-corrected chi connectivity index (χ1v) is 8.80. The summed E-state index contributed by atoms with van der Waals surface area (Å²) in [5.41, 5.74) is 2.67. The second-order valence-electron chi connectivity index (χ2n) is 5.48. The van der Waals surface area contributed by atoms with Gasteiger partial charge in [-0.1, -0.05) is 17.7 Å². The van der Waals surface area contributed by atoms with Crippen molar-refractivity contribution in [3.63, 3.8) is 0 Å². The number of pyridine rings is 1. The van der Waals surface area contributed by atoms with Crippen molar-refractivity contribution in [2.24, 2.45) is 0 Å². The van der Waals surface area contributed by atoms with Gasteiger partial charge in [-0.15, -0.1) is 0 Å². The molecular weight excluding hydrogens is 360 g/mol. The van der Waals surface area contributed by atoms with Gasteiger partial charge < -0.3 is 5.32 Å². The van der Waals surface area contributed by atoms with Crippen LogP contribution in [0.15, 0.2) is 36.7 Å². The number of fused-ring (bicyclic) bond motifs is 2. The molecule has 25 heavy (non-hydrogen) atoms. The molecule has 0 aliphatic heterocycles. The zero-order chi connectivity index (χ0) is 17.2. The van der Waals surface area contributed by atoms with E-state index in [0.29, 0.717) is 34.8 Å². The molecule has 1 N–H and O–H groups in total. The Kier molecular flexibility index (Phi) is 4.29. The van der Waals surface area contributed by atoms with Gasteiger partial charge in [-0.25, -0.2) is 4.98 Å². The summed E-state index contributed by atoms with van der Waals surface area (Å²) in [5, 5.41) is 8.87. The van der Waals surface area contributed by atoms with Crippen molar-refractivity contribution >= 4 is 51.3 Å². The van der Waals surface area contributed by atoms with Crippen molar-refractivity contribution in [3.05, 3.63) is 47.2 Å². The van der Waals surface area contributed by atoms with Crippen LogP contribution in [0.5, 0.6) is 0 Å². The molecule has 0 radical (unpaired) electrons. The van der Waals surface area contributed by atoms with E-state index in [2.05, 4.69) is 24.1 Å². The number of rotatable bonds is 5. The van der Waals surface area contributed by atoms with Gasteiger partial charge >= 0.3 is 0 Å². The van der Waals surface area contributed by atoms with Crippen LogP contribution in [0.1, 0.15) is 16.8 Å². The molecule has 0 bridgehead atoms. The summed E-state index contributed by atoms with van der Waals surface area (Å²) >= 11 is 7.23. The molecule has 1 aromatic carbocycles. The van der Waals surface area contributed by atoms with Crippen LogP contribution in [0.3, 0.4) is 0 Å². The smallest absolute Gasteiger partial charge is 0.252 e. The largest absolute Gasteiger partial charge is 0.352 e. The van der Waals surface area contributed by atoms with E-state index in [1.807, 2.05) is 22.9 Å². The van der Waals surface area contributed by atoms with Crippen molar-refractivity contribution in [2.75, 3.05) is 6.54 Å². The van der Waals surface area contributed by atoms with Crippen molar-refractivity contribution in [3.8, 4) is 0 Å². The monoisotopic (exact) mass is 372 g/mol. The maximum atomic E-state index is 12.2. The highest BCUT2D eigenvalue weighted by molar-refractivity contribution is 7.00. The SMILES string of the molecule is O=C(NCCCn1ncc2c(Cl)cccc21)c1cnc2nsnc2c1. The lowest BCUT2D eigenvalue weighted by molar-refractivity contribution is 0.0952. The van der Waals surface area contributed by atoms with Gasteiger partial charge in [0.25, 0.3) is 5.91 Å². The number of amides is 1. The molecule has 0 aliphatic carbocycles. The molecule has 7 nitrogen and oxygen atoms in total. The summed E-state index contributed by atoms with van der Waals surface area (Å²) in [4.78, 5) is 16.3. The minimum atomic E-state index is -0.171. The number of nitrogens with zero attached hydrogens (tertiary/aromatic N) is 5. The molecule has 0 spiro atoms. The normalized spacial score (nSPS) is 11.2. The Morgan fingerprint density at radius 2 is 2.20 bits per heavy atom. The maximum Gasteiger partial charge on any atom is 0.252 e. The van der Waals surface area contributed by atoms with Crippen LogP contribution < -0.4 is 5.32 Å². The van der Waals surface area contributed by atoms with Crippen molar-refractivity contribution in [2.45, 2.75) is 13.0 Å². The van der Waals surface area contributed by atoms with Crippen LogP contribution in [0, 0.1) is 0 Å². The molecule has 9 heteroatoms. The predicted molar refractivity (Wildman–Crippen MR) is 96.9 cm³/mol. The highest BCUT2D eigenvalue weighted by Crippen LogP contribution is 2.22. The second kappa shape index (κ2) is 6.73. The van der Waals surface area contributed by atoms with E-state index in [1.54, 1.807) is 12.3 Å². The lowest BCUT2D eigenvalue weighted by Crippen LogP contribution is -2.25. The number of halogens is 1. The molecule has 4 aromatic rings. The standard InChI is InChI=1S/C16H13ClN6OS/c17-12-3-1-4-14-11(12)9-20-23(14)6-2-5-18-16(24)10-7-13-15(19-8-10)22-25-21-13/h1,3-4,7-9H,2,5-6H2,(H,18,24). The Morgan fingerprint density at radius 3 is 3.12 bits per heavy atom. The summed E-state index contributed by atoms with van der Waals surface area (Å²) in [6, 6.07) is 7.43. The van der Waals surface area contributed by atoms with Crippen LogP contribution in [-0.2, 0) is 6.54 Å². The van der Waals surface area contributed by atoms with Crippen molar-refractivity contribution in [1.29, 1.82) is 0 Å². The zero-order valence-electron chi connectivity index (χ0n) is 13.0. The van der Waals surface area contributed by atoms with E-state index >= 15 is 0 Å². The number of aromatic nitrogens is 5. The van der Waals surface area contributed by atoms with E-state index in [0.717, 1.165) is 29.1 Å². The second-order valence-corrected chi connectivity index (χ2v) is 6.42. The lowest BCUT2D eigenvalue weighted by Gasteiger charge is -2.06. The highest BCUT2D eigenvalue weighted by Gasteiger charge is 2.09. The number of hydrogen-bond donors (Lipinski definition) is 1. The zero-order valence-corrected chi connectivity index (χ0v) is 14.6. The number of carbonyl (C=O) groups is 1. The van der Waals surface area contributed by atoms with Gasteiger partial charge in [0, 0.05) is 24.7 Å². The predicted octanol–water partition coefficient (Wildman–Crippen LogP) is 2.91. The molecule has 0 unspecified atom stereocenters. The average Bonchev–Trinajstić information content (AvgIpc) is 3.25. The minimum absolute atomic E-state index is 0.171. The first kappa shape index (κ1) is 15.9. The minimum Gasteiger partial charge on any atom is -0.352 e. The molecule has 0 saturated heterocycles. The van der Waals surface area contributed by atoms with E-state index in [-0.39, 0.29) is 5.91 Å². The molecule has 0 fully saturated rings. The van der Waals surface area contributed by atoms with E-state index < -0.39 is 0 Å². The fourth-order valence-corrected chi connectivity index (χ4v) is 3.29. The van der Waals surface area contributed by atoms with Gasteiger partial charge in [0.05, 0.1) is 34.0 Å². The van der Waals surface area contributed by atoms with Crippen LogP contribution in [0.25, 0.3) is 22.1 Å². The molecule has 4 rings (SSSR count). The molecular formula is C16H13ClN6OS. The number of hydrogen-bond acceptors (Lipinski definition) is 6. The fraction of sp³-hybridized carbons (Fsp3) is 0.188. The first-order chi connectivity index (χ1) is 12.2. The molecule has 126 valence electrons. The number of aryl methyl sites for hydroxylation is 1. The molecule has 0 atom stereocenters. The van der Waals surface area contributed by atoms with E-state index in [1.165, 1.54) is 6.20 Å². The average molecular weight is 373 g/mol. The van der Waals surface area contributed by atoms with Gasteiger partial charge in [-0.2, -0.15) is 13.8 Å². The van der Waals surface area contributed by atoms with E-state index in [9.17, 15) is 4.79 Å². The van der Waals surface area contributed by atoms with Crippen LogP contribution >= 0.6 is 23.3 Å². The van der Waals surface area contributed by atoms with Crippen LogP contribution in [0.4, 0.5) is 0 Å². The Labute approximate surface area is 152 Å². The number of benzene rings is 1. The fourth-order valence-electron chi connectivity index (χ4n) is 2.59. The summed E-state index contributed by atoms with van der Waals surface area (Å²) in [6.07, 6.45) is 4.03. The number of nitrogens with one attached hydrogen (secondary N) is 1.